The number of rotatable bonds is 4. The Morgan fingerprint density at radius 3 is 2.47 bits per heavy atom. The lowest BCUT2D eigenvalue weighted by Crippen LogP contribution is -2.13. The molecule has 0 saturated heterocycles. The maximum absolute atomic E-state index is 14.0. The van der Waals surface area contributed by atoms with Crippen molar-refractivity contribution in [1.29, 1.82) is 0 Å². The molecule has 19 heavy (non-hydrogen) atoms. The quantitative estimate of drug-likeness (QED) is 0.849. The lowest BCUT2D eigenvalue weighted by molar-refractivity contribution is 0.0996. The van der Waals surface area contributed by atoms with E-state index in [0.29, 0.717) is 5.75 Å². The number of nitrogens with zero attached hydrogens (tertiary/aromatic N) is 2. The number of halogens is 1. The van der Waals surface area contributed by atoms with E-state index in [0.717, 1.165) is 6.07 Å². The van der Waals surface area contributed by atoms with Gasteiger partial charge in [-0.1, -0.05) is 0 Å². The number of H-pyrrole nitrogens is 1. The van der Waals surface area contributed by atoms with Crippen LogP contribution in [0.3, 0.4) is 0 Å². The Balaban J connectivity index is 2.62. The number of primary amides is 1. The summed E-state index contributed by atoms with van der Waals surface area (Å²) in [4.78, 5) is 11.2. The number of amides is 1. The Morgan fingerprint density at radius 1 is 1.26 bits per heavy atom. The summed E-state index contributed by atoms with van der Waals surface area (Å²) in [6, 6.07) is 2.49. The third-order valence-corrected chi connectivity index (χ3v) is 2.51. The Morgan fingerprint density at radius 2 is 1.89 bits per heavy atom. The van der Waals surface area contributed by atoms with E-state index in [1.54, 1.807) is 0 Å². The highest BCUT2D eigenvalue weighted by molar-refractivity contribution is 5.96. The number of hydrogen-bond donors (Lipinski definition) is 2. The first-order chi connectivity index (χ1) is 9.08. The molecule has 1 aromatic heterocycles. The van der Waals surface area contributed by atoms with Gasteiger partial charge in [-0.25, -0.2) is 4.39 Å². The zero-order valence-electron chi connectivity index (χ0n) is 10.2. The molecule has 3 N–H and O–H groups in total. The zero-order chi connectivity index (χ0) is 14.0. The first-order valence-corrected chi connectivity index (χ1v) is 5.21. The molecule has 0 radical (unpaired) electrons. The third kappa shape index (κ3) is 2.19. The predicted octanol–water partition coefficient (Wildman–Crippen LogP) is 0.727. The van der Waals surface area contributed by atoms with Gasteiger partial charge in [0.15, 0.2) is 17.2 Å². The molecule has 0 aliphatic rings. The van der Waals surface area contributed by atoms with Crippen molar-refractivity contribution in [3.05, 3.63) is 23.6 Å². The lowest BCUT2D eigenvalue weighted by Gasteiger charge is -2.09. The van der Waals surface area contributed by atoms with Gasteiger partial charge < -0.3 is 15.2 Å². The summed E-state index contributed by atoms with van der Waals surface area (Å²) >= 11 is 0. The number of hydrogen-bond acceptors (Lipinski definition) is 5. The third-order valence-electron chi connectivity index (χ3n) is 2.51. The molecule has 100 valence electrons. The monoisotopic (exact) mass is 266 g/mol. The smallest absolute Gasteiger partial charge is 0.271 e. The predicted molar refractivity (Wildman–Crippen MR) is 63.4 cm³/mol. The van der Waals surface area contributed by atoms with Crippen molar-refractivity contribution in [2.24, 2.45) is 5.73 Å². The Hall–Kier alpha value is -2.64. The van der Waals surface area contributed by atoms with Gasteiger partial charge in [-0.2, -0.15) is 15.4 Å². The number of carbonyl (C=O) groups is 1. The second-order valence-electron chi connectivity index (χ2n) is 3.57. The van der Waals surface area contributed by atoms with E-state index in [1.165, 1.54) is 20.3 Å². The standard InChI is InChI=1S/C11H11FN4O3/c1-18-7-3-5(6(12)4-8(7)19-2)9-10(11(13)17)15-16-14-9/h3-4H,1-2H3,(H2,13,17)(H,14,15,16). The molecular weight excluding hydrogens is 255 g/mol. The topological polar surface area (TPSA) is 103 Å². The molecule has 0 atom stereocenters. The van der Waals surface area contributed by atoms with Crippen LogP contribution in [0.2, 0.25) is 0 Å². The van der Waals surface area contributed by atoms with Gasteiger partial charge >= 0.3 is 0 Å². The number of nitrogens with two attached hydrogens (primary N) is 1. The van der Waals surface area contributed by atoms with Crippen molar-refractivity contribution in [1.82, 2.24) is 15.4 Å². The van der Waals surface area contributed by atoms with E-state index in [1.807, 2.05) is 0 Å². The minimum Gasteiger partial charge on any atom is -0.493 e. The summed E-state index contributed by atoms with van der Waals surface area (Å²) in [5.41, 5.74) is 5.05. The van der Waals surface area contributed by atoms with Crippen molar-refractivity contribution in [2.75, 3.05) is 14.2 Å². The molecule has 1 heterocycles. The molecule has 1 aromatic carbocycles. The van der Waals surface area contributed by atoms with E-state index in [9.17, 15) is 9.18 Å². The molecule has 7 nitrogen and oxygen atoms in total. The molecule has 8 heteroatoms. The molecule has 0 aliphatic carbocycles. The van der Waals surface area contributed by atoms with Gasteiger partial charge in [-0.05, 0) is 6.07 Å². The molecule has 1 amide bonds. The highest BCUT2D eigenvalue weighted by atomic mass is 19.1. The van der Waals surface area contributed by atoms with Crippen molar-refractivity contribution in [2.45, 2.75) is 0 Å². The number of methoxy groups -OCH3 is 2. The summed E-state index contributed by atoms with van der Waals surface area (Å²) in [6.45, 7) is 0. The molecule has 2 aromatic rings. The fraction of sp³-hybridized carbons (Fsp3) is 0.182. The SMILES string of the molecule is COc1cc(F)c(-c2n[nH]nc2C(N)=O)cc1OC. The molecule has 0 fully saturated rings. The van der Waals surface area contributed by atoms with Crippen LogP contribution < -0.4 is 15.2 Å². The Kier molecular flexibility index (Phi) is 3.32. The van der Waals surface area contributed by atoms with Gasteiger partial charge in [-0.3, -0.25) is 4.79 Å². The highest BCUT2D eigenvalue weighted by Crippen LogP contribution is 2.34. The molecule has 0 bridgehead atoms. The second-order valence-corrected chi connectivity index (χ2v) is 3.57. The van der Waals surface area contributed by atoms with Crippen molar-refractivity contribution >= 4 is 5.91 Å². The number of ether oxygens (including phenoxy) is 2. The molecule has 0 aliphatic heterocycles. The second kappa shape index (κ2) is 4.92. The Labute approximate surface area is 107 Å². The normalized spacial score (nSPS) is 10.3. The fourth-order valence-corrected chi connectivity index (χ4v) is 1.63. The summed E-state index contributed by atoms with van der Waals surface area (Å²) in [6.07, 6.45) is 0. The van der Waals surface area contributed by atoms with Crippen LogP contribution in [0, 0.1) is 5.82 Å². The van der Waals surface area contributed by atoms with E-state index >= 15 is 0 Å². The zero-order valence-corrected chi connectivity index (χ0v) is 10.2. The average molecular weight is 266 g/mol. The van der Waals surface area contributed by atoms with Gasteiger partial charge in [0.2, 0.25) is 0 Å². The minimum atomic E-state index is -0.807. The van der Waals surface area contributed by atoms with Crippen molar-refractivity contribution in [3.63, 3.8) is 0 Å². The molecule has 0 unspecified atom stereocenters. The van der Waals surface area contributed by atoms with E-state index in [4.69, 9.17) is 15.2 Å². The van der Waals surface area contributed by atoms with Gasteiger partial charge in [0.25, 0.3) is 5.91 Å². The van der Waals surface area contributed by atoms with Crippen LogP contribution >= 0.6 is 0 Å². The van der Waals surface area contributed by atoms with E-state index in [2.05, 4.69) is 15.4 Å². The van der Waals surface area contributed by atoms with E-state index < -0.39 is 11.7 Å². The minimum absolute atomic E-state index is 0.0194. The van der Waals surface area contributed by atoms with Crippen LogP contribution in [0.1, 0.15) is 10.5 Å². The maximum atomic E-state index is 14.0. The number of benzene rings is 1. The maximum Gasteiger partial charge on any atom is 0.271 e. The summed E-state index contributed by atoms with van der Waals surface area (Å²) in [5, 5.41) is 9.54. The van der Waals surface area contributed by atoms with Crippen molar-refractivity contribution in [3.8, 4) is 22.8 Å². The van der Waals surface area contributed by atoms with Gasteiger partial charge in [0.1, 0.15) is 11.5 Å². The van der Waals surface area contributed by atoms with Gasteiger partial charge in [0.05, 0.1) is 14.2 Å². The summed E-state index contributed by atoms with van der Waals surface area (Å²) < 4.78 is 24.0. The first kappa shape index (κ1) is 12.8. The van der Waals surface area contributed by atoms with Crippen LogP contribution in [0.4, 0.5) is 4.39 Å². The van der Waals surface area contributed by atoms with Crippen LogP contribution in [-0.4, -0.2) is 35.5 Å². The van der Waals surface area contributed by atoms with Gasteiger partial charge in [0, 0.05) is 11.6 Å². The highest BCUT2D eigenvalue weighted by Gasteiger charge is 2.20. The van der Waals surface area contributed by atoms with E-state index in [-0.39, 0.29) is 22.7 Å². The Bertz CT molecular complexity index is 626. The lowest BCUT2D eigenvalue weighted by atomic mass is 10.1. The summed E-state index contributed by atoms with van der Waals surface area (Å²) in [7, 11) is 2.80. The fourth-order valence-electron chi connectivity index (χ4n) is 1.63. The number of carbonyl (C=O) groups excluding carboxylic acids is 1. The number of nitrogens with one attached hydrogen (secondary N) is 1. The van der Waals surface area contributed by atoms with Crippen LogP contribution in [0.15, 0.2) is 12.1 Å². The number of aromatic nitrogens is 3. The van der Waals surface area contributed by atoms with Crippen LogP contribution in [0.25, 0.3) is 11.3 Å². The molecule has 0 saturated carbocycles. The molecular formula is C11H11FN4O3. The van der Waals surface area contributed by atoms with Crippen LogP contribution in [-0.2, 0) is 0 Å². The molecule has 2 rings (SSSR count). The first-order valence-electron chi connectivity index (χ1n) is 5.21. The largest absolute Gasteiger partial charge is 0.493 e. The summed E-state index contributed by atoms with van der Waals surface area (Å²) in [5.74, 6) is -0.905. The van der Waals surface area contributed by atoms with Crippen LogP contribution in [0.5, 0.6) is 11.5 Å². The van der Waals surface area contributed by atoms with Gasteiger partial charge in [-0.15, -0.1) is 0 Å². The van der Waals surface area contributed by atoms with Crippen molar-refractivity contribution < 1.29 is 18.7 Å². The molecule has 0 spiro atoms. The number of aromatic amines is 1. The average Bonchev–Trinajstić information content (AvgIpc) is 2.87.